The molecule has 3 aromatic heterocycles. The number of aromatic nitrogens is 6. The van der Waals surface area contributed by atoms with Crippen LogP contribution in [0.1, 0.15) is 11.1 Å². The van der Waals surface area contributed by atoms with Crippen molar-refractivity contribution in [1.82, 2.24) is 29.1 Å². The molecule has 4 rings (SSSR count). The first-order chi connectivity index (χ1) is 14.1. The summed E-state index contributed by atoms with van der Waals surface area (Å²) in [6, 6.07) is 8.11. The van der Waals surface area contributed by atoms with Gasteiger partial charge in [-0.05, 0) is 11.1 Å². The number of H-pyrrole nitrogens is 1. The van der Waals surface area contributed by atoms with E-state index in [1.54, 1.807) is 19.6 Å². The number of hydrogen-bond acceptors (Lipinski definition) is 7. The van der Waals surface area contributed by atoms with Gasteiger partial charge in [-0.2, -0.15) is 9.97 Å². The summed E-state index contributed by atoms with van der Waals surface area (Å²) < 4.78 is 13.9. The highest BCUT2D eigenvalue weighted by Crippen LogP contribution is 2.19. The first-order valence-corrected chi connectivity index (χ1v) is 9.05. The van der Waals surface area contributed by atoms with Crippen LogP contribution in [0.25, 0.3) is 11.2 Å². The lowest BCUT2D eigenvalue weighted by Gasteiger charge is -2.08. The number of fused-ring (bicyclic) bond motifs is 1. The smallest absolute Gasteiger partial charge is 0.328 e. The molecule has 0 fully saturated rings. The quantitative estimate of drug-likeness (QED) is 0.427. The molecule has 10 heteroatoms. The van der Waals surface area contributed by atoms with Crippen LogP contribution in [0.4, 0.5) is 5.82 Å². The third-order valence-corrected chi connectivity index (χ3v) is 4.41. The van der Waals surface area contributed by atoms with Gasteiger partial charge < -0.3 is 24.8 Å². The molecule has 0 amide bonds. The summed E-state index contributed by atoms with van der Waals surface area (Å²) in [5.41, 5.74) is 8.53. The number of nitrogen functional groups attached to an aromatic ring is 1. The first-order valence-electron chi connectivity index (χ1n) is 9.05. The standard InChI is InChI=1S/C19H21N7O3/c1-28-7-8-29-18-23-16(20)15-17(24-18)26(19(27)22-15)11-14-4-2-3-13(9-14)10-25-6-5-21-12-25/h2-6,9,12H,7-8,10-11H2,1H3,(H,22,27)(H2,20,23,24). The second kappa shape index (κ2) is 8.15. The molecule has 3 heterocycles. The summed E-state index contributed by atoms with van der Waals surface area (Å²) >= 11 is 0. The monoisotopic (exact) mass is 395 g/mol. The first kappa shape index (κ1) is 18.7. The van der Waals surface area contributed by atoms with Gasteiger partial charge in [0.05, 0.1) is 19.5 Å². The Labute approximate surface area is 165 Å². The molecule has 0 aliphatic carbocycles. The van der Waals surface area contributed by atoms with Crippen LogP contribution in [-0.2, 0) is 17.8 Å². The number of aromatic amines is 1. The van der Waals surface area contributed by atoms with Crippen molar-refractivity contribution in [3.8, 4) is 6.01 Å². The maximum absolute atomic E-state index is 12.5. The van der Waals surface area contributed by atoms with Gasteiger partial charge in [-0.1, -0.05) is 24.3 Å². The minimum atomic E-state index is -0.310. The van der Waals surface area contributed by atoms with Gasteiger partial charge in [-0.3, -0.25) is 4.57 Å². The average molecular weight is 395 g/mol. The molecule has 0 saturated heterocycles. The fourth-order valence-corrected chi connectivity index (χ4v) is 3.06. The summed E-state index contributed by atoms with van der Waals surface area (Å²) in [5.74, 6) is 0.159. The molecule has 10 nitrogen and oxygen atoms in total. The number of anilines is 1. The van der Waals surface area contributed by atoms with E-state index >= 15 is 0 Å². The zero-order valence-electron chi connectivity index (χ0n) is 15.9. The summed E-state index contributed by atoms with van der Waals surface area (Å²) in [7, 11) is 1.58. The number of rotatable bonds is 8. The maximum Gasteiger partial charge on any atom is 0.328 e. The van der Waals surface area contributed by atoms with E-state index in [1.165, 1.54) is 4.57 Å². The molecule has 150 valence electrons. The third kappa shape index (κ3) is 4.11. The van der Waals surface area contributed by atoms with Crippen molar-refractivity contribution in [2.45, 2.75) is 13.1 Å². The molecule has 0 atom stereocenters. The third-order valence-electron chi connectivity index (χ3n) is 4.41. The van der Waals surface area contributed by atoms with Gasteiger partial charge in [-0.15, -0.1) is 0 Å². The normalized spacial score (nSPS) is 11.2. The van der Waals surface area contributed by atoms with Crippen molar-refractivity contribution in [2.75, 3.05) is 26.1 Å². The van der Waals surface area contributed by atoms with E-state index in [0.717, 1.165) is 11.1 Å². The molecule has 0 aliphatic heterocycles. The Morgan fingerprint density at radius 2 is 2.00 bits per heavy atom. The summed E-state index contributed by atoms with van der Waals surface area (Å²) in [4.78, 5) is 27.7. The van der Waals surface area contributed by atoms with Crippen molar-refractivity contribution < 1.29 is 9.47 Å². The molecule has 1 aromatic carbocycles. The number of ether oxygens (including phenoxy) is 2. The second-order valence-corrected chi connectivity index (χ2v) is 6.50. The number of nitrogens with one attached hydrogen (secondary N) is 1. The van der Waals surface area contributed by atoms with E-state index < -0.39 is 0 Å². The van der Waals surface area contributed by atoms with Crippen LogP contribution < -0.4 is 16.2 Å². The maximum atomic E-state index is 12.5. The van der Waals surface area contributed by atoms with E-state index in [1.807, 2.05) is 35.0 Å². The minimum Gasteiger partial charge on any atom is -0.461 e. The molecular weight excluding hydrogens is 374 g/mol. The zero-order valence-corrected chi connectivity index (χ0v) is 15.9. The Hall–Kier alpha value is -3.66. The van der Waals surface area contributed by atoms with Crippen molar-refractivity contribution in [2.24, 2.45) is 0 Å². The molecule has 0 unspecified atom stereocenters. The van der Waals surface area contributed by atoms with Crippen molar-refractivity contribution in [3.63, 3.8) is 0 Å². The lowest BCUT2D eigenvalue weighted by Crippen LogP contribution is -2.18. The molecule has 0 aliphatic rings. The molecule has 3 N–H and O–H groups in total. The van der Waals surface area contributed by atoms with E-state index in [4.69, 9.17) is 15.2 Å². The van der Waals surface area contributed by atoms with Gasteiger partial charge in [0.2, 0.25) is 0 Å². The molecule has 0 bridgehead atoms. The Kier molecular flexibility index (Phi) is 5.25. The largest absolute Gasteiger partial charge is 0.461 e. The second-order valence-electron chi connectivity index (χ2n) is 6.50. The number of nitrogens with two attached hydrogens (primary N) is 1. The molecule has 0 saturated carbocycles. The summed E-state index contributed by atoms with van der Waals surface area (Å²) in [6.45, 7) is 1.71. The van der Waals surface area contributed by atoms with Crippen LogP contribution in [0.3, 0.4) is 0 Å². The van der Waals surface area contributed by atoms with Crippen LogP contribution in [0.15, 0.2) is 47.8 Å². The number of imidazole rings is 2. The average Bonchev–Trinajstić information content (AvgIpc) is 3.32. The molecule has 0 radical (unpaired) electrons. The fraction of sp³-hybridized carbons (Fsp3) is 0.263. The number of hydrogen-bond donors (Lipinski definition) is 2. The fourth-order valence-electron chi connectivity index (χ4n) is 3.06. The number of benzene rings is 1. The van der Waals surface area contributed by atoms with Gasteiger partial charge in [0.1, 0.15) is 12.1 Å². The zero-order chi connectivity index (χ0) is 20.2. The van der Waals surface area contributed by atoms with Gasteiger partial charge in [0.15, 0.2) is 11.5 Å². The van der Waals surface area contributed by atoms with Crippen molar-refractivity contribution in [3.05, 3.63) is 64.6 Å². The Balaban J connectivity index is 1.63. The van der Waals surface area contributed by atoms with Gasteiger partial charge in [-0.25, -0.2) is 9.78 Å². The summed E-state index contributed by atoms with van der Waals surface area (Å²) in [6.07, 6.45) is 5.41. The van der Waals surface area contributed by atoms with Gasteiger partial charge in [0.25, 0.3) is 0 Å². The van der Waals surface area contributed by atoms with Crippen LogP contribution in [0.5, 0.6) is 6.01 Å². The van der Waals surface area contributed by atoms with Crippen molar-refractivity contribution in [1.29, 1.82) is 0 Å². The predicted molar refractivity (Wildman–Crippen MR) is 107 cm³/mol. The highest BCUT2D eigenvalue weighted by molar-refractivity contribution is 5.81. The lowest BCUT2D eigenvalue weighted by molar-refractivity contribution is 0.141. The Bertz CT molecular complexity index is 1160. The van der Waals surface area contributed by atoms with E-state index in [-0.39, 0.29) is 24.1 Å². The molecule has 29 heavy (non-hydrogen) atoms. The number of nitrogens with zero attached hydrogens (tertiary/aromatic N) is 5. The van der Waals surface area contributed by atoms with Crippen LogP contribution >= 0.6 is 0 Å². The van der Waals surface area contributed by atoms with E-state index in [2.05, 4.69) is 19.9 Å². The molecular formula is C19H21N7O3. The van der Waals surface area contributed by atoms with Crippen LogP contribution in [-0.4, -0.2) is 49.4 Å². The van der Waals surface area contributed by atoms with Crippen molar-refractivity contribution >= 4 is 17.0 Å². The summed E-state index contributed by atoms with van der Waals surface area (Å²) in [5, 5.41) is 0. The highest BCUT2D eigenvalue weighted by atomic mass is 16.5. The predicted octanol–water partition coefficient (Wildman–Crippen LogP) is 1.02. The number of methoxy groups -OCH3 is 1. The lowest BCUT2D eigenvalue weighted by atomic mass is 10.1. The SMILES string of the molecule is COCCOc1nc(N)c2[nH]c(=O)n(Cc3cccc(Cn4ccnc4)c3)c2n1. The van der Waals surface area contributed by atoms with Crippen LogP contribution in [0, 0.1) is 0 Å². The Morgan fingerprint density at radius 1 is 1.17 bits per heavy atom. The van der Waals surface area contributed by atoms with Gasteiger partial charge in [0, 0.05) is 26.0 Å². The molecule has 4 aromatic rings. The van der Waals surface area contributed by atoms with E-state index in [9.17, 15) is 4.79 Å². The minimum absolute atomic E-state index is 0.105. The Morgan fingerprint density at radius 3 is 2.76 bits per heavy atom. The van der Waals surface area contributed by atoms with Gasteiger partial charge >= 0.3 is 11.7 Å². The topological polar surface area (TPSA) is 126 Å². The van der Waals surface area contributed by atoms with E-state index in [0.29, 0.717) is 30.9 Å². The highest BCUT2D eigenvalue weighted by Gasteiger charge is 2.15. The molecule has 0 spiro atoms. The van der Waals surface area contributed by atoms with Crippen LogP contribution in [0.2, 0.25) is 0 Å².